The first-order valence-electron chi connectivity index (χ1n) is 3.72. The molecule has 1 atom stereocenters. The predicted octanol–water partition coefficient (Wildman–Crippen LogP) is -0.430. The molecule has 0 fully saturated rings. The molecule has 8 heteroatoms. The monoisotopic (exact) mass is 226 g/mol. The van der Waals surface area contributed by atoms with Gasteiger partial charge in [-0.2, -0.15) is 0 Å². The van der Waals surface area contributed by atoms with Crippen LogP contribution in [0.5, 0.6) is 0 Å². The summed E-state index contributed by atoms with van der Waals surface area (Å²) in [6, 6.07) is 0. The summed E-state index contributed by atoms with van der Waals surface area (Å²) < 4.78 is 15.1. The SMILES string of the molecule is CCOC(=O)C(CC(=O)O)P(=O)(O)O. The largest absolute Gasteiger partial charge is 0.481 e. The molecule has 0 aromatic rings. The number of carbonyl (C=O) groups excluding carboxylic acids is 1. The smallest absolute Gasteiger partial charge is 0.340 e. The van der Waals surface area contributed by atoms with Crippen LogP contribution in [0.25, 0.3) is 0 Å². The third kappa shape index (κ3) is 4.36. The molecule has 0 aliphatic heterocycles. The van der Waals surface area contributed by atoms with Crippen molar-refractivity contribution in [3.05, 3.63) is 0 Å². The van der Waals surface area contributed by atoms with Gasteiger partial charge in [-0.3, -0.25) is 14.2 Å². The number of hydrogen-bond acceptors (Lipinski definition) is 4. The summed E-state index contributed by atoms with van der Waals surface area (Å²) in [5.41, 5.74) is -1.92. The summed E-state index contributed by atoms with van der Waals surface area (Å²) in [4.78, 5) is 38.5. The van der Waals surface area contributed by atoms with E-state index in [1.54, 1.807) is 0 Å². The maximum Gasteiger partial charge on any atom is 0.340 e. The molecule has 1 unspecified atom stereocenters. The third-order valence-electron chi connectivity index (χ3n) is 1.33. The van der Waals surface area contributed by atoms with Crippen molar-refractivity contribution in [3.63, 3.8) is 0 Å². The van der Waals surface area contributed by atoms with E-state index in [9.17, 15) is 14.2 Å². The van der Waals surface area contributed by atoms with Crippen LogP contribution < -0.4 is 0 Å². The highest BCUT2D eigenvalue weighted by Gasteiger charge is 2.38. The Balaban J connectivity index is 4.64. The van der Waals surface area contributed by atoms with Gasteiger partial charge in [-0.05, 0) is 6.92 Å². The molecule has 0 heterocycles. The zero-order chi connectivity index (χ0) is 11.4. The van der Waals surface area contributed by atoms with Crippen LogP contribution in [0.15, 0.2) is 0 Å². The Morgan fingerprint density at radius 3 is 2.21 bits per heavy atom. The Labute approximate surface area is 79.8 Å². The van der Waals surface area contributed by atoms with E-state index in [0.29, 0.717) is 0 Å². The number of carbonyl (C=O) groups is 2. The molecule has 0 spiro atoms. The van der Waals surface area contributed by atoms with Gasteiger partial charge >= 0.3 is 19.5 Å². The van der Waals surface area contributed by atoms with Crippen LogP contribution in [0.2, 0.25) is 0 Å². The van der Waals surface area contributed by atoms with Gasteiger partial charge < -0.3 is 19.6 Å². The maximum absolute atomic E-state index is 10.9. The van der Waals surface area contributed by atoms with Gasteiger partial charge in [0.15, 0.2) is 5.66 Å². The van der Waals surface area contributed by atoms with Gasteiger partial charge in [-0.1, -0.05) is 0 Å². The number of carboxylic acid groups (broad SMARTS) is 1. The minimum absolute atomic E-state index is 0.0606. The molecule has 0 radical (unpaired) electrons. The van der Waals surface area contributed by atoms with E-state index in [2.05, 4.69) is 4.74 Å². The topological polar surface area (TPSA) is 121 Å². The zero-order valence-corrected chi connectivity index (χ0v) is 8.31. The lowest BCUT2D eigenvalue weighted by molar-refractivity contribution is -0.147. The van der Waals surface area contributed by atoms with Gasteiger partial charge in [0.05, 0.1) is 13.0 Å². The second-order valence-electron chi connectivity index (χ2n) is 2.45. The Morgan fingerprint density at radius 2 is 1.93 bits per heavy atom. The fourth-order valence-electron chi connectivity index (χ4n) is 0.743. The molecule has 0 rings (SSSR count). The number of aliphatic carboxylic acids is 1. The number of esters is 1. The first-order chi connectivity index (χ1) is 6.29. The summed E-state index contributed by atoms with van der Waals surface area (Å²) in [7, 11) is -4.77. The maximum atomic E-state index is 10.9. The van der Waals surface area contributed by atoms with Crippen molar-refractivity contribution in [2.45, 2.75) is 19.0 Å². The Morgan fingerprint density at radius 1 is 1.43 bits per heavy atom. The van der Waals surface area contributed by atoms with Crippen molar-refractivity contribution >= 4 is 19.5 Å². The number of carboxylic acids is 1. The number of hydrogen-bond donors (Lipinski definition) is 3. The van der Waals surface area contributed by atoms with Crippen molar-refractivity contribution in [2.24, 2.45) is 0 Å². The van der Waals surface area contributed by atoms with Crippen molar-refractivity contribution in [2.75, 3.05) is 6.61 Å². The molecule has 14 heavy (non-hydrogen) atoms. The quantitative estimate of drug-likeness (QED) is 0.429. The van der Waals surface area contributed by atoms with Gasteiger partial charge in [0.25, 0.3) is 0 Å². The predicted molar refractivity (Wildman–Crippen MR) is 44.7 cm³/mol. The van der Waals surface area contributed by atoms with E-state index in [0.717, 1.165) is 0 Å². The zero-order valence-electron chi connectivity index (χ0n) is 7.41. The van der Waals surface area contributed by atoms with Crippen LogP contribution in [0, 0.1) is 0 Å². The third-order valence-corrected chi connectivity index (χ3v) is 2.54. The van der Waals surface area contributed by atoms with Crippen molar-refractivity contribution < 1.29 is 33.8 Å². The molecule has 0 aromatic heterocycles. The molecule has 0 aliphatic carbocycles. The van der Waals surface area contributed by atoms with E-state index in [4.69, 9.17) is 14.9 Å². The average Bonchev–Trinajstić information content (AvgIpc) is 1.98. The van der Waals surface area contributed by atoms with E-state index in [1.807, 2.05) is 0 Å². The first-order valence-corrected chi connectivity index (χ1v) is 5.40. The van der Waals surface area contributed by atoms with Crippen LogP contribution in [0.1, 0.15) is 13.3 Å². The van der Waals surface area contributed by atoms with Crippen LogP contribution in [0.4, 0.5) is 0 Å². The molecule has 0 aliphatic rings. The normalized spacial score (nSPS) is 13.4. The lowest BCUT2D eigenvalue weighted by atomic mass is 10.3. The highest BCUT2D eigenvalue weighted by Crippen LogP contribution is 2.43. The highest BCUT2D eigenvalue weighted by atomic mass is 31.2. The molecule has 0 aromatic carbocycles. The van der Waals surface area contributed by atoms with Gasteiger partial charge in [-0.25, -0.2) is 0 Å². The Kier molecular flexibility index (Phi) is 4.76. The van der Waals surface area contributed by atoms with Gasteiger partial charge in [0.2, 0.25) is 0 Å². The van der Waals surface area contributed by atoms with Gasteiger partial charge in [0.1, 0.15) is 0 Å². The lowest BCUT2D eigenvalue weighted by Crippen LogP contribution is -2.26. The number of rotatable bonds is 5. The van der Waals surface area contributed by atoms with Crippen LogP contribution >= 0.6 is 7.60 Å². The Bertz CT molecular complexity index is 267. The van der Waals surface area contributed by atoms with Gasteiger partial charge in [0, 0.05) is 0 Å². The van der Waals surface area contributed by atoms with Crippen molar-refractivity contribution in [1.82, 2.24) is 0 Å². The summed E-state index contributed by atoms with van der Waals surface area (Å²) in [5, 5.41) is 8.31. The molecule has 0 bridgehead atoms. The summed E-state index contributed by atoms with van der Waals surface area (Å²) >= 11 is 0. The summed E-state index contributed by atoms with van der Waals surface area (Å²) in [5.74, 6) is -2.66. The Hall–Kier alpha value is -0.910. The van der Waals surface area contributed by atoms with Crippen LogP contribution in [-0.2, 0) is 18.9 Å². The lowest BCUT2D eigenvalue weighted by Gasteiger charge is -2.14. The molecule has 0 saturated heterocycles. The van der Waals surface area contributed by atoms with E-state index < -0.39 is 31.6 Å². The molecule has 0 amide bonds. The molecule has 7 nitrogen and oxygen atoms in total. The van der Waals surface area contributed by atoms with E-state index in [-0.39, 0.29) is 6.61 Å². The first kappa shape index (κ1) is 13.1. The molecular formula is C6H11O7P. The van der Waals surface area contributed by atoms with Crippen molar-refractivity contribution in [1.29, 1.82) is 0 Å². The molecular weight excluding hydrogens is 215 g/mol. The summed E-state index contributed by atoms with van der Waals surface area (Å²) in [6.07, 6.45) is -0.941. The van der Waals surface area contributed by atoms with E-state index in [1.165, 1.54) is 6.92 Å². The van der Waals surface area contributed by atoms with Crippen molar-refractivity contribution in [3.8, 4) is 0 Å². The molecule has 3 N–H and O–H groups in total. The fraction of sp³-hybridized carbons (Fsp3) is 0.667. The average molecular weight is 226 g/mol. The standard InChI is InChI=1S/C6H11O7P/c1-2-13-6(9)4(3-5(7)8)14(10,11)12/h4H,2-3H2,1H3,(H,7,8)(H2,10,11,12). The highest BCUT2D eigenvalue weighted by molar-refractivity contribution is 7.53. The van der Waals surface area contributed by atoms with E-state index >= 15 is 0 Å². The van der Waals surface area contributed by atoms with Gasteiger partial charge in [-0.15, -0.1) is 0 Å². The second-order valence-corrected chi connectivity index (χ2v) is 4.26. The minimum Gasteiger partial charge on any atom is -0.481 e. The van der Waals surface area contributed by atoms with Crippen LogP contribution in [-0.4, -0.2) is 39.1 Å². The second kappa shape index (κ2) is 5.09. The summed E-state index contributed by atoms with van der Waals surface area (Å²) in [6.45, 7) is 1.39. The fourth-order valence-corrected chi connectivity index (χ4v) is 1.49. The van der Waals surface area contributed by atoms with Crippen LogP contribution in [0.3, 0.4) is 0 Å². The molecule has 82 valence electrons. The minimum atomic E-state index is -4.77. The number of ether oxygens (including phenoxy) is 1. The molecule has 0 saturated carbocycles.